The summed E-state index contributed by atoms with van der Waals surface area (Å²) >= 11 is 0. The molecule has 0 aliphatic carbocycles. The lowest BCUT2D eigenvalue weighted by atomic mass is 10.0. The first-order valence-electron chi connectivity index (χ1n) is 11.7. The van der Waals surface area contributed by atoms with Crippen LogP contribution in [0.1, 0.15) is 36.6 Å². The third kappa shape index (κ3) is 6.09. The third-order valence-corrected chi connectivity index (χ3v) is 5.83. The summed E-state index contributed by atoms with van der Waals surface area (Å²) in [6, 6.07) is 31.5. The maximum atomic E-state index is 6.12. The monoisotopic (exact) mass is 436 g/mol. The maximum absolute atomic E-state index is 6.12. The van der Waals surface area contributed by atoms with Crippen molar-refractivity contribution in [2.24, 2.45) is 10.9 Å². The fourth-order valence-corrected chi connectivity index (χ4v) is 3.91. The number of rotatable bonds is 8. The van der Waals surface area contributed by atoms with Crippen molar-refractivity contribution in [2.75, 3.05) is 6.61 Å². The van der Waals surface area contributed by atoms with Crippen LogP contribution in [0.4, 0.5) is 0 Å². The summed E-state index contributed by atoms with van der Waals surface area (Å²) < 4.78 is 6.12. The molecule has 0 aromatic heterocycles. The van der Waals surface area contributed by atoms with Gasteiger partial charge in [-0.15, -0.1) is 0 Å². The molecule has 1 heterocycles. The Bertz CT molecular complexity index is 1070. The van der Waals surface area contributed by atoms with Gasteiger partial charge >= 0.3 is 0 Å². The summed E-state index contributed by atoms with van der Waals surface area (Å²) in [7, 11) is 0. The van der Waals surface area contributed by atoms with Crippen molar-refractivity contribution in [3.8, 4) is 0 Å². The first-order valence-corrected chi connectivity index (χ1v) is 11.7. The molecule has 3 nitrogen and oxygen atoms in total. The van der Waals surface area contributed by atoms with Crippen LogP contribution in [0, 0.1) is 5.92 Å². The summed E-state index contributed by atoms with van der Waals surface area (Å²) in [5.74, 6) is 1.31. The van der Waals surface area contributed by atoms with E-state index in [-0.39, 0.29) is 12.1 Å². The van der Waals surface area contributed by atoms with E-state index in [2.05, 4.69) is 110 Å². The van der Waals surface area contributed by atoms with E-state index in [4.69, 9.17) is 9.73 Å². The van der Waals surface area contributed by atoms with Crippen molar-refractivity contribution in [1.82, 2.24) is 4.90 Å². The minimum Gasteiger partial charge on any atom is -0.375 e. The topological polar surface area (TPSA) is 24.8 Å². The predicted octanol–water partition coefficient (Wildman–Crippen LogP) is 6.80. The van der Waals surface area contributed by atoms with E-state index in [1.165, 1.54) is 11.1 Å². The minimum atomic E-state index is 0.0413. The van der Waals surface area contributed by atoms with Gasteiger partial charge in [0.2, 0.25) is 0 Å². The number of allylic oxidation sites excluding steroid dienone is 2. The average molecular weight is 437 g/mol. The van der Waals surface area contributed by atoms with Crippen LogP contribution in [0.3, 0.4) is 0 Å². The molecule has 168 valence electrons. The van der Waals surface area contributed by atoms with Crippen LogP contribution in [-0.2, 0) is 11.3 Å². The van der Waals surface area contributed by atoms with E-state index in [1.54, 1.807) is 0 Å². The van der Waals surface area contributed by atoms with Crippen LogP contribution < -0.4 is 0 Å². The normalized spacial score (nSPS) is 16.9. The molecule has 4 rings (SSSR count). The minimum absolute atomic E-state index is 0.0413. The van der Waals surface area contributed by atoms with Crippen LogP contribution in [0.25, 0.3) is 0 Å². The van der Waals surface area contributed by atoms with Gasteiger partial charge in [-0.1, -0.05) is 117 Å². The second kappa shape index (κ2) is 11.4. The molecular formula is C30H32N2O. The molecule has 3 aromatic carbocycles. The summed E-state index contributed by atoms with van der Waals surface area (Å²) in [4.78, 5) is 7.58. The SMILES string of the molecule is CC(C)[C@@H](COCc1ccccc1)N=C(c1ccccc1)N1C=CC=C[C@H]1c1ccccc1. The zero-order valence-corrected chi connectivity index (χ0v) is 19.4. The number of benzene rings is 3. The predicted molar refractivity (Wildman–Crippen MR) is 137 cm³/mol. The van der Waals surface area contributed by atoms with E-state index in [9.17, 15) is 0 Å². The number of hydrogen-bond acceptors (Lipinski definition) is 2. The van der Waals surface area contributed by atoms with Gasteiger partial charge in [0.05, 0.1) is 25.3 Å². The Morgan fingerprint density at radius 1 is 0.848 bits per heavy atom. The highest BCUT2D eigenvalue weighted by atomic mass is 16.5. The first kappa shape index (κ1) is 22.8. The Morgan fingerprint density at radius 2 is 1.48 bits per heavy atom. The van der Waals surface area contributed by atoms with Gasteiger partial charge in [-0.05, 0) is 23.1 Å². The molecule has 0 saturated carbocycles. The highest BCUT2D eigenvalue weighted by Crippen LogP contribution is 2.28. The van der Waals surface area contributed by atoms with Gasteiger partial charge in [-0.2, -0.15) is 0 Å². The fourth-order valence-electron chi connectivity index (χ4n) is 3.91. The van der Waals surface area contributed by atoms with Crippen molar-refractivity contribution in [2.45, 2.75) is 32.5 Å². The zero-order valence-electron chi connectivity index (χ0n) is 19.4. The largest absolute Gasteiger partial charge is 0.375 e. The van der Waals surface area contributed by atoms with Crippen molar-refractivity contribution in [1.29, 1.82) is 0 Å². The molecule has 3 heteroatoms. The molecule has 0 saturated heterocycles. The van der Waals surface area contributed by atoms with Gasteiger partial charge < -0.3 is 9.64 Å². The molecule has 2 atom stereocenters. The number of hydrogen-bond donors (Lipinski definition) is 0. The number of nitrogens with zero attached hydrogens (tertiary/aromatic N) is 2. The Hall–Kier alpha value is -3.43. The van der Waals surface area contributed by atoms with E-state index >= 15 is 0 Å². The van der Waals surface area contributed by atoms with E-state index < -0.39 is 0 Å². The lowest BCUT2D eigenvalue weighted by Gasteiger charge is -2.33. The molecule has 3 aromatic rings. The number of aliphatic imine (C=N–C) groups is 1. The maximum Gasteiger partial charge on any atom is 0.136 e. The molecular weight excluding hydrogens is 404 g/mol. The standard InChI is InChI=1S/C30H32N2O/c1-24(2)28(23-33-22-25-14-6-3-7-15-25)31-30(27-18-10-5-11-19-27)32-21-13-12-20-29(32)26-16-8-4-9-17-26/h3-21,24,28-29H,22-23H2,1-2H3/t28-,29+/m1/s1. The quantitative estimate of drug-likeness (QED) is 0.286. The van der Waals surface area contributed by atoms with E-state index in [0.29, 0.717) is 19.1 Å². The highest BCUT2D eigenvalue weighted by Gasteiger charge is 2.24. The van der Waals surface area contributed by atoms with Crippen LogP contribution in [0.2, 0.25) is 0 Å². The molecule has 0 amide bonds. The smallest absolute Gasteiger partial charge is 0.136 e. The summed E-state index contributed by atoms with van der Waals surface area (Å²) in [5, 5.41) is 0. The fraction of sp³-hybridized carbons (Fsp3) is 0.233. The molecule has 0 unspecified atom stereocenters. The molecule has 0 spiro atoms. The summed E-state index contributed by atoms with van der Waals surface area (Å²) in [6.07, 6.45) is 8.55. The second-order valence-electron chi connectivity index (χ2n) is 8.62. The van der Waals surface area contributed by atoms with Crippen LogP contribution in [0.5, 0.6) is 0 Å². The lowest BCUT2D eigenvalue weighted by molar-refractivity contribution is 0.0976. The molecule has 0 fully saturated rings. The number of ether oxygens (including phenoxy) is 1. The molecule has 1 aliphatic rings. The Morgan fingerprint density at radius 3 is 2.15 bits per heavy atom. The molecule has 0 N–H and O–H groups in total. The van der Waals surface area contributed by atoms with E-state index in [0.717, 1.165) is 11.4 Å². The zero-order chi connectivity index (χ0) is 22.9. The average Bonchev–Trinajstić information content (AvgIpc) is 2.88. The van der Waals surface area contributed by atoms with Crippen molar-refractivity contribution in [3.63, 3.8) is 0 Å². The Labute approximate surface area is 197 Å². The van der Waals surface area contributed by atoms with Crippen molar-refractivity contribution < 1.29 is 4.74 Å². The van der Waals surface area contributed by atoms with Gasteiger partial charge in [0.1, 0.15) is 5.84 Å². The van der Waals surface area contributed by atoms with Crippen molar-refractivity contribution in [3.05, 3.63) is 132 Å². The van der Waals surface area contributed by atoms with Gasteiger partial charge in [0.25, 0.3) is 0 Å². The summed E-state index contributed by atoms with van der Waals surface area (Å²) in [5.41, 5.74) is 3.52. The van der Waals surface area contributed by atoms with Crippen LogP contribution >= 0.6 is 0 Å². The Kier molecular flexibility index (Phi) is 7.89. The van der Waals surface area contributed by atoms with Crippen LogP contribution in [0.15, 0.2) is 120 Å². The third-order valence-electron chi connectivity index (χ3n) is 5.83. The molecule has 33 heavy (non-hydrogen) atoms. The van der Waals surface area contributed by atoms with Crippen molar-refractivity contribution >= 4 is 5.84 Å². The Balaban J connectivity index is 1.63. The first-order chi connectivity index (χ1) is 16.2. The van der Waals surface area contributed by atoms with Gasteiger partial charge in [-0.25, -0.2) is 0 Å². The van der Waals surface area contributed by atoms with Crippen LogP contribution in [-0.4, -0.2) is 23.4 Å². The number of amidine groups is 1. The molecule has 0 bridgehead atoms. The van der Waals surface area contributed by atoms with E-state index in [1.807, 2.05) is 24.3 Å². The highest BCUT2D eigenvalue weighted by molar-refractivity contribution is 6.00. The van der Waals surface area contributed by atoms with Gasteiger partial charge in [-0.3, -0.25) is 4.99 Å². The molecule has 1 aliphatic heterocycles. The summed E-state index contributed by atoms with van der Waals surface area (Å²) in [6.45, 7) is 5.60. The van der Waals surface area contributed by atoms with Gasteiger partial charge in [0, 0.05) is 11.8 Å². The lowest BCUT2D eigenvalue weighted by Crippen LogP contribution is -2.34. The van der Waals surface area contributed by atoms with Gasteiger partial charge in [0.15, 0.2) is 0 Å². The second-order valence-corrected chi connectivity index (χ2v) is 8.62. The molecule has 0 radical (unpaired) electrons.